The number of rotatable bonds is 3. The molecule has 128 valence electrons. The predicted molar refractivity (Wildman–Crippen MR) is 99.2 cm³/mol. The Morgan fingerprint density at radius 1 is 1.08 bits per heavy atom. The predicted octanol–water partition coefficient (Wildman–Crippen LogP) is 3.66. The van der Waals surface area contributed by atoms with Gasteiger partial charge in [-0.1, -0.05) is 18.2 Å². The number of hydrogen-bond acceptors (Lipinski definition) is 4. The fourth-order valence-electron chi connectivity index (χ4n) is 2.77. The van der Waals surface area contributed by atoms with Crippen molar-refractivity contribution >= 4 is 17.4 Å². The summed E-state index contributed by atoms with van der Waals surface area (Å²) in [6.45, 7) is 1.84. The van der Waals surface area contributed by atoms with Crippen molar-refractivity contribution in [3.8, 4) is 17.0 Å². The van der Waals surface area contributed by atoms with E-state index in [2.05, 4.69) is 15.3 Å². The van der Waals surface area contributed by atoms with E-state index in [0.717, 1.165) is 5.56 Å². The number of aromatic nitrogens is 3. The molecule has 2 N–H and O–H groups in total. The lowest BCUT2D eigenvalue weighted by atomic mass is 10.1. The summed E-state index contributed by atoms with van der Waals surface area (Å²) in [7, 11) is 0. The van der Waals surface area contributed by atoms with Gasteiger partial charge in [-0.2, -0.15) is 0 Å². The summed E-state index contributed by atoms with van der Waals surface area (Å²) in [5.41, 5.74) is 3.50. The van der Waals surface area contributed by atoms with E-state index in [1.54, 1.807) is 42.6 Å². The Kier molecular flexibility index (Phi) is 3.85. The SMILES string of the molecule is Cc1nc2cnc(-c3ccc(O)cc3)cn2c1NC(=O)c1ccccc1. The van der Waals surface area contributed by atoms with Crippen LogP contribution >= 0.6 is 0 Å². The maximum atomic E-state index is 12.5. The molecule has 0 spiro atoms. The van der Waals surface area contributed by atoms with Crippen molar-refractivity contribution in [2.24, 2.45) is 0 Å². The van der Waals surface area contributed by atoms with Crippen molar-refractivity contribution in [3.63, 3.8) is 0 Å². The Balaban J connectivity index is 1.74. The highest BCUT2D eigenvalue weighted by Crippen LogP contribution is 2.24. The number of carbonyl (C=O) groups is 1. The van der Waals surface area contributed by atoms with Crippen LogP contribution in [0.3, 0.4) is 0 Å². The van der Waals surface area contributed by atoms with Crippen molar-refractivity contribution in [3.05, 3.63) is 78.2 Å². The van der Waals surface area contributed by atoms with Gasteiger partial charge in [-0.15, -0.1) is 0 Å². The number of phenols is 1. The molecule has 0 aliphatic rings. The number of phenolic OH excluding ortho intramolecular Hbond substituents is 1. The Hall–Kier alpha value is -3.67. The molecule has 6 nitrogen and oxygen atoms in total. The first-order valence-electron chi connectivity index (χ1n) is 8.12. The molecule has 0 saturated heterocycles. The number of imidazole rings is 1. The van der Waals surface area contributed by atoms with Gasteiger partial charge in [0, 0.05) is 17.3 Å². The molecular weight excluding hydrogens is 328 g/mol. The molecule has 4 rings (SSSR count). The molecule has 2 aromatic heterocycles. The largest absolute Gasteiger partial charge is 0.508 e. The molecule has 0 atom stereocenters. The van der Waals surface area contributed by atoms with Gasteiger partial charge in [-0.05, 0) is 43.3 Å². The number of aromatic hydroxyl groups is 1. The summed E-state index contributed by atoms with van der Waals surface area (Å²) in [6.07, 6.45) is 3.48. The minimum atomic E-state index is -0.196. The number of nitrogens with zero attached hydrogens (tertiary/aromatic N) is 3. The molecule has 0 radical (unpaired) electrons. The number of nitrogens with one attached hydrogen (secondary N) is 1. The Morgan fingerprint density at radius 2 is 1.81 bits per heavy atom. The van der Waals surface area contributed by atoms with E-state index in [9.17, 15) is 9.90 Å². The van der Waals surface area contributed by atoms with Crippen LogP contribution in [0.4, 0.5) is 5.82 Å². The molecular formula is C20H16N4O2. The number of carbonyl (C=O) groups excluding carboxylic acids is 1. The molecule has 0 aliphatic carbocycles. The summed E-state index contributed by atoms with van der Waals surface area (Å²) in [6, 6.07) is 15.8. The van der Waals surface area contributed by atoms with Crippen LogP contribution < -0.4 is 5.32 Å². The summed E-state index contributed by atoms with van der Waals surface area (Å²) in [5, 5.41) is 12.4. The summed E-state index contributed by atoms with van der Waals surface area (Å²) in [5.74, 6) is 0.610. The zero-order chi connectivity index (χ0) is 18.1. The van der Waals surface area contributed by atoms with Gasteiger partial charge in [-0.25, -0.2) is 4.98 Å². The standard InChI is InChI=1S/C20H16N4O2/c1-13-19(23-20(26)15-5-3-2-4-6-15)24-12-17(21-11-18(24)22-13)14-7-9-16(25)10-8-14/h2-12,25H,1H3,(H,23,26). The number of aryl methyl sites for hydroxylation is 1. The molecule has 26 heavy (non-hydrogen) atoms. The fraction of sp³-hybridized carbons (Fsp3) is 0.0500. The molecule has 2 heterocycles. The number of benzene rings is 2. The summed E-state index contributed by atoms with van der Waals surface area (Å²) in [4.78, 5) is 21.4. The van der Waals surface area contributed by atoms with Gasteiger partial charge in [0.2, 0.25) is 0 Å². The van der Waals surface area contributed by atoms with Crippen molar-refractivity contribution < 1.29 is 9.90 Å². The molecule has 1 amide bonds. The molecule has 2 aromatic carbocycles. The van der Waals surface area contributed by atoms with Gasteiger partial charge in [0.05, 0.1) is 17.6 Å². The van der Waals surface area contributed by atoms with Crippen molar-refractivity contribution in [2.75, 3.05) is 5.32 Å². The van der Waals surface area contributed by atoms with Crippen molar-refractivity contribution in [2.45, 2.75) is 6.92 Å². The fourth-order valence-corrected chi connectivity index (χ4v) is 2.77. The Labute approximate surface area is 149 Å². The first kappa shape index (κ1) is 15.8. The van der Waals surface area contributed by atoms with Crippen LogP contribution in [0.2, 0.25) is 0 Å². The van der Waals surface area contributed by atoms with Crippen LogP contribution in [-0.4, -0.2) is 25.4 Å². The van der Waals surface area contributed by atoms with Gasteiger partial charge in [0.25, 0.3) is 5.91 Å². The average molecular weight is 344 g/mol. The summed E-state index contributed by atoms with van der Waals surface area (Å²) >= 11 is 0. The first-order chi connectivity index (χ1) is 12.6. The number of fused-ring (bicyclic) bond motifs is 1. The molecule has 6 heteroatoms. The lowest BCUT2D eigenvalue weighted by Crippen LogP contribution is -2.14. The van der Waals surface area contributed by atoms with Gasteiger partial charge in [-0.3, -0.25) is 14.2 Å². The van der Waals surface area contributed by atoms with Crippen LogP contribution in [-0.2, 0) is 0 Å². The lowest BCUT2D eigenvalue weighted by Gasteiger charge is -2.08. The number of hydrogen-bond donors (Lipinski definition) is 2. The van der Waals surface area contributed by atoms with E-state index in [-0.39, 0.29) is 11.7 Å². The average Bonchev–Trinajstić information content (AvgIpc) is 2.98. The van der Waals surface area contributed by atoms with E-state index in [1.165, 1.54) is 0 Å². The van der Waals surface area contributed by atoms with E-state index in [4.69, 9.17) is 0 Å². The third-order valence-electron chi connectivity index (χ3n) is 4.11. The van der Waals surface area contributed by atoms with Crippen LogP contribution in [0.15, 0.2) is 67.0 Å². The zero-order valence-corrected chi connectivity index (χ0v) is 14.0. The second-order valence-electron chi connectivity index (χ2n) is 5.91. The van der Waals surface area contributed by atoms with Crippen LogP contribution in [0, 0.1) is 6.92 Å². The number of anilines is 1. The Bertz CT molecular complexity index is 1090. The maximum absolute atomic E-state index is 12.5. The van der Waals surface area contributed by atoms with E-state index >= 15 is 0 Å². The quantitative estimate of drug-likeness (QED) is 0.594. The highest BCUT2D eigenvalue weighted by atomic mass is 16.3. The molecule has 0 fully saturated rings. The lowest BCUT2D eigenvalue weighted by molar-refractivity contribution is 0.102. The van der Waals surface area contributed by atoms with E-state index in [0.29, 0.717) is 28.4 Å². The molecule has 4 aromatic rings. The second kappa shape index (κ2) is 6.33. The highest BCUT2D eigenvalue weighted by Gasteiger charge is 2.14. The van der Waals surface area contributed by atoms with Gasteiger partial charge in [0.15, 0.2) is 5.65 Å². The van der Waals surface area contributed by atoms with Crippen molar-refractivity contribution in [1.82, 2.24) is 14.4 Å². The molecule has 0 bridgehead atoms. The van der Waals surface area contributed by atoms with Crippen LogP contribution in [0.1, 0.15) is 16.1 Å². The summed E-state index contributed by atoms with van der Waals surface area (Å²) < 4.78 is 1.81. The normalized spacial score (nSPS) is 10.8. The van der Waals surface area contributed by atoms with Crippen LogP contribution in [0.5, 0.6) is 5.75 Å². The third kappa shape index (κ3) is 2.88. The number of amides is 1. The monoisotopic (exact) mass is 344 g/mol. The van der Waals surface area contributed by atoms with E-state index < -0.39 is 0 Å². The first-order valence-corrected chi connectivity index (χ1v) is 8.12. The zero-order valence-electron chi connectivity index (χ0n) is 14.0. The smallest absolute Gasteiger partial charge is 0.256 e. The van der Waals surface area contributed by atoms with Gasteiger partial charge < -0.3 is 10.4 Å². The minimum absolute atomic E-state index is 0.196. The maximum Gasteiger partial charge on any atom is 0.256 e. The van der Waals surface area contributed by atoms with E-state index in [1.807, 2.05) is 35.7 Å². The molecule has 0 aliphatic heterocycles. The van der Waals surface area contributed by atoms with Crippen LogP contribution in [0.25, 0.3) is 16.9 Å². The molecule has 0 unspecified atom stereocenters. The van der Waals surface area contributed by atoms with Gasteiger partial charge in [0.1, 0.15) is 11.6 Å². The molecule has 0 saturated carbocycles. The third-order valence-corrected chi connectivity index (χ3v) is 4.11. The minimum Gasteiger partial charge on any atom is -0.508 e. The topological polar surface area (TPSA) is 79.5 Å². The van der Waals surface area contributed by atoms with Crippen molar-refractivity contribution in [1.29, 1.82) is 0 Å². The highest BCUT2D eigenvalue weighted by molar-refractivity contribution is 6.04. The van der Waals surface area contributed by atoms with Gasteiger partial charge >= 0.3 is 0 Å². The Morgan fingerprint density at radius 3 is 2.54 bits per heavy atom. The second-order valence-corrected chi connectivity index (χ2v) is 5.91.